The Hall–Kier alpha value is -1.66. The maximum Gasteiger partial charge on any atom is 0.315 e. The number of halogens is 1. The van der Waals surface area contributed by atoms with Crippen molar-refractivity contribution in [2.75, 3.05) is 13.1 Å². The van der Waals surface area contributed by atoms with Gasteiger partial charge in [-0.15, -0.1) is 0 Å². The van der Waals surface area contributed by atoms with Crippen molar-refractivity contribution >= 4 is 6.03 Å². The van der Waals surface area contributed by atoms with E-state index in [2.05, 4.69) is 16.0 Å². The highest BCUT2D eigenvalue weighted by atomic mass is 19.1. The van der Waals surface area contributed by atoms with Crippen molar-refractivity contribution in [2.45, 2.75) is 25.1 Å². The Labute approximate surface area is 111 Å². The molecule has 0 bridgehead atoms. The van der Waals surface area contributed by atoms with E-state index >= 15 is 0 Å². The smallest absolute Gasteiger partial charge is 0.315 e. The van der Waals surface area contributed by atoms with Crippen LogP contribution in [0.5, 0.6) is 0 Å². The zero-order valence-electron chi connectivity index (χ0n) is 10.5. The largest absolute Gasteiger partial charge is 0.391 e. The van der Waals surface area contributed by atoms with E-state index in [0.717, 1.165) is 6.54 Å². The predicted molar refractivity (Wildman–Crippen MR) is 69.1 cm³/mol. The maximum absolute atomic E-state index is 12.9. The number of carbonyl (C=O) groups is 1. The molecule has 1 saturated heterocycles. The molecule has 2 atom stereocenters. The van der Waals surface area contributed by atoms with Gasteiger partial charge in [0.25, 0.3) is 0 Å². The first-order valence-electron chi connectivity index (χ1n) is 6.33. The number of amides is 2. The molecule has 1 heterocycles. The van der Waals surface area contributed by atoms with Gasteiger partial charge in [0.2, 0.25) is 0 Å². The third-order valence-corrected chi connectivity index (χ3v) is 3.10. The average Bonchev–Trinajstić information content (AvgIpc) is 2.39. The Kier molecular flexibility index (Phi) is 4.70. The summed E-state index contributed by atoms with van der Waals surface area (Å²) in [7, 11) is 0. The van der Waals surface area contributed by atoms with E-state index in [4.69, 9.17) is 0 Å². The molecule has 6 heteroatoms. The highest BCUT2D eigenvalue weighted by molar-refractivity contribution is 5.74. The second-order valence-electron chi connectivity index (χ2n) is 4.62. The summed E-state index contributed by atoms with van der Waals surface area (Å²) in [5, 5.41) is 18.1. The van der Waals surface area contributed by atoms with E-state index in [1.165, 1.54) is 12.1 Å². The lowest BCUT2D eigenvalue weighted by Crippen LogP contribution is -2.55. The molecule has 0 unspecified atom stereocenters. The van der Waals surface area contributed by atoms with Crippen LogP contribution in [0.2, 0.25) is 0 Å². The molecule has 1 aromatic rings. The molecule has 0 spiro atoms. The summed E-state index contributed by atoms with van der Waals surface area (Å²) < 4.78 is 12.9. The summed E-state index contributed by atoms with van der Waals surface area (Å²) in [6, 6.07) is 5.41. The SMILES string of the molecule is O=C(NCc1cccc(F)c1)N[C@H]1CNCC[C@H]1O. The zero-order chi connectivity index (χ0) is 13.7. The van der Waals surface area contributed by atoms with Crippen LogP contribution in [0.3, 0.4) is 0 Å². The molecule has 104 valence electrons. The van der Waals surface area contributed by atoms with Gasteiger partial charge in [-0.2, -0.15) is 0 Å². The van der Waals surface area contributed by atoms with Gasteiger partial charge in [-0.3, -0.25) is 0 Å². The number of urea groups is 1. The molecule has 19 heavy (non-hydrogen) atoms. The van der Waals surface area contributed by atoms with Crippen LogP contribution in [-0.2, 0) is 6.54 Å². The first-order valence-corrected chi connectivity index (χ1v) is 6.33. The molecule has 4 N–H and O–H groups in total. The molecule has 0 aliphatic carbocycles. The fourth-order valence-corrected chi connectivity index (χ4v) is 2.04. The van der Waals surface area contributed by atoms with E-state index in [-0.39, 0.29) is 24.4 Å². The Balaban J connectivity index is 1.78. The van der Waals surface area contributed by atoms with Gasteiger partial charge in [0, 0.05) is 13.1 Å². The highest BCUT2D eigenvalue weighted by Crippen LogP contribution is 2.04. The van der Waals surface area contributed by atoms with E-state index in [1.54, 1.807) is 12.1 Å². The molecule has 1 aliphatic heterocycles. The lowest BCUT2D eigenvalue weighted by atomic mass is 10.0. The second-order valence-corrected chi connectivity index (χ2v) is 4.62. The van der Waals surface area contributed by atoms with Crippen molar-refractivity contribution in [3.05, 3.63) is 35.6 Å². The number of piperidine rings is 1. The zero-order valence-corrected chi connectivity index (χ0v) is 10.5. The van der Waals surface area contributed by atoms with Gasteiger partial charge in [-0.1, -0.05) is 12.1 Å². The molecular weight excluding hydrogens is 249 g/mol. The fraction of sp³-hybridized carbons (Fsp3) is 0.462. The van der Waals surface area contributed by atoms with Crippen molar-refractivity contribution in [3.63, 3.8) is 0 Å². The molecule has 2 rings (SSSR count). The molecule has 5 nitrogen and oxygen atoms in total. The molecule has 0 saturated carbocycles. The summed E-state index contributed by atoms with van der Waals surface area (Å²) in [6.45, 7) is 1.55. The number of rotatable bonds is 3. The monoisotopic (exact) mass is 267 g/mol. The summed E-state index contributed by atoms with van der Waals surface area (Å²) in [4.78, 5) is 11.7. The molecule has 1 aromatic carbocycles. The van der Waals surface area contributed by atoms with Gasteiger partial charge < -0.3 is 21.1 Å². The van der Waals surface area contributed by atoms with E-state index in [0.29, 0.717) is 18.5 Å². The van der Waals surface area contributed by atoms with E-state index < -0.39 is 6.10 Å². The predicted octanol–water partition coefficient (Wildman–Crippen LogP) is 0.348. The van der Waals surface area contributed by atoms with Crippen LogP contribution in [0.25, 0.3) is 0 Å². The average molecular weight is 267 g/mol. The third-order valence-electron chi connectivity index (χ3n) is 3.10. The lowest BCUT2D eigenvalue weighted by Gasteiger charge is -2.29. The minimum absolute atomic E-state index is 0.250. The van der Waals surface area contributed by atoms with Crippen LogP contribution < -0.4 is 16.0 Å². The second kappa shape index (κ2) is 6.49. The standard InChI is InChI=1S/C13H18FN3O2/c14-10-3-1-2-9(6-10)7-16-13(19)17-11-8-15-5-4-12(11)18/h1-3,6,11-12,15,18H,4-5,7-8H2,(H2,16,17,19)/t11-,12+/m0/s1. The van der Waals surface area contributed by atoms with Gasteiger partial charge in [0.1, 0.15) is 5.82 Å². The topological polar surface area (TPSA) is 73.4 Å². The number of nitrogens with one attached hydrogen (secondary N) is 3. The van der Waals surface area contributed by atoms with Crippen LogP contribution >= 0.6 is 0 Å². The summed E-state index contributed by atoms with van der Waals surface area (Å²) >= 11 is 0. The summed E-state index contributed by atoms with van der Waals surface area (Å²) in [5.74, 6) is -0.327. The van der Waals surface area contributed by atoms with Gasteiger partial charge >= 0.3 is 6.03 Å². The van der Waals surface area contributed by atoms with Gasteiger partial charge in [-0.25, -0.2) is 9.18 Å². The molecule has 1 fully saturated rings. The quantitative estimate of drug-likeness (QED) is 0.638. The molecular formula is C13H18FN3O2. The van der Waals surface area contributed by atoms with Crippen LogP contribution in [0.1, 0.15) is 12.0 Å². The van der Waals surface area contributed by atoms with Gasteiger partial charge in [0.15, 0.2) is 0 Å². The number of carbonyl (C=O) groups excluding carboxylic acids is 1. The van der Waals surface area contributed by atoms with Crippen molar-refractivity contribution in [2.24, 2.45) is 0 Å². The Morgan fingerprint density at radius 2 is 2.37 bits per heavy atom. The van der Waals surface area contributed by atoms with Crippen LogP contribution in [0, 0.1) is 5.82 Å². The number of hydrogen-bond donors (Lipinski definition) is 4. The van der Waals surface area contributed by atoms with E-state index in [9.17, 15) is 14.3 Å². The Morgan fingerprint density at radius 1 is 1.53 bits per heavy atom. The fourth-order valence-electron chi connectivity index (χ4n) is 2.04. The van der Waals surface area contributed by atoms with Crippen LogP contribution in [0.15, 0.2) is 24.3 Å². The maximum atomic E-state index is 12.9. The molecule has 0 radical (unpaired) electrons. The normalized spacial score (nSPS) is 22.8. The first kappa shape index (κ1) is 13.8. The van der Waals surface area contributed by atoms with Crippen LogP contribution in [-0.4, -0.2) is 36.4 Å². The summed E-state index contributed by atoms with van der Waals surface area (Å²) in [5.41, 5.74) is 0.692. The van der Waals surface area contributed by atoms with Crippen LogP contribution in [0.4, 0.5) is 9.18 Å². The Morgan fingerprint density at radius 3 is 3.11 bits per heavy atom. The number of hydrogen-bond acceptors (Lipinski definition) is 3. The third kappa shape index (κ3) is 4.18. The molecule has 1 aliphatic rings. The van der Waals surface area contributed by atoms with Gasteiger partial charge in [-0.05, 0) is 30.7 Å². The number of aliphatic hydroxyl groups excluding tert-OH is 1. The molecule has 0 aromatic heterocycles. The van der Waals surface area contributed by atoms with Crippen molar-refractivity contribution in [3.8, 4) is 0 Å². The highest BCUT2D eigenvalue weighted by Gasteiger charge is 2.23. The lowest BCUT2D eigenvalue weighted by molar-refractivity contribution is 0.102. The van der Waals surface area contributed by atoms with Crippen molar-refractivity contribution < 1.29 is 14.3 Å². The van der Waals surface area contributed by atoms with Crippen molar-refractivity contribution in [1.82, 2.24) is 16.0 Å². The van der Waals surface area contributed by atoms with Crippen molar-refractivity contribution in [1.29, 1.82) is 0 Å². The minimum atomic E-state index is -0.527. The Bertz CT molecular complexity index is 442. The molecule has 2 amide bonds. The first-order chi connectivity index (χ1) is 9.15. The van der Waals surface area contributed by atoms with Gasteiger partial charge in [0.05, 0.1) is 12.1 Å². The number of aliphatic hydroxyl groups is 1. The van der Waals surface area contributed by atoms with E-state index in [1.807, 2.05) is 0 Å². The minimum Gasteiger partial charge on any atom is -0.391 e. The summed E-state index contributed by atoms with van der Waals surface area (Å²) in [6.07, 6.45) is 0.0932. The number of benzene rings is 1.